The third-order valence-electron chi connectivity index (χ3n) is 3.53. The van der Waals surface area contributed by atoms with Crippen molar-refractivity contribution >= 4 is 21.4 Å². The molecule has 1 atom stereocenters. The van der Waals surface area contributed by atoms with E-state index in [4.69, 9.17) is 0 Å². The number of sulfonamides is 1. The summed E-state index contributed by atoms with van der Waals surface area (Å²) in [6.07, 6.45) is 3.26. The molecule has 0 radical (unpaired) electrons. The molecule has 1 aliphatic heterocycles. The molecule has 0 saturated carbocycles. The summed E-state index contributed by atoms with van der Waals surface area (Å²) in [7, 11) is -1.40. The largest absolute Gasteiger partial charge is 0.315 e. The summed E-state index contributed by atoms with van der Waals surface area (Å²) < 4.78 is 27.2. The van der Waals surface area contributed by atoms with E-state index in [1.807, 2.05) is 13.1 Å². The molecule has 0 aliphatic carbocycles. The minimum absolute atomic E-state index is 0.481. The Bertz CT molecular complexity index is 510. The van der Waals surface area contributed by atoms with Crippen LogP contribution in [-0.2, 0) is 16.6 Å². The van der Waals surface area contributed by atoms with Crippen LogP contribution in [0.5, 0.6) is 0 Å². The first-order valence-corrected chi connectivity index (χ1v) is 9.07. The summed E-state index contributed by atoms with van der Waals surface area (Å²) in [6, 6.07) is 3.63. The van der Waals surface area contributed by atoms with Crippen molar-refractivity contribution in [3.63, 3.8) is 0 Å². The van der Waals surface area contributed by atoms with Gasteiger partial charge in [0.2, 0.25) is 0 Å². The van der Waals surface area contributed by atoms with Gasteiger partial charge in [0.05, 0.1) is 0 Å². The predicted molar refractivity (Wildman–Crippen MR) is 78.9 cm³/mol. The van der Waals surface area contributed by atoms with E-state index in [2.05, 4.69) is 12.2 Å². The van der Waals surface area contributed by atoms with Crippen LogP contribution in [0.25, 0.3) is 0 Å². The van der Waals surface area contributed by atoms with Crippen LogP contribution in [0.15, 0.2) is 16.3 Å². The molecule has 1 aromatic rings. The molecule has 0 aromatic carbocycles. The smallest absolute Gasteiger partial charge is 0.252 e. The summed E-state index contributed by atoms with van der Waals surface area (Å²) in [6.45, 7) is 4.24. The van der Waals surface area contributed by atoms with Gasteiger partial charge in [-0.1, -0.05) is 13.3 Å². The summed E-state index contributed by atoms with van der Waals surface area (Å²) >= 11 is 1.37. The molecule has 2 heterocycles. The summed E-state index contributed by atoms with van der Waals surface area (Å²) in [5, 5.41) is 3.04. The zero-order valence-electron chi connectivity index (χ0n) is 11.6. The quantitative estimate of drug-likeness (QED) is 0.877. The topological polar surface area (TPSA) is 49.4 Å². The van der Waals surface area contributed by atoms with E-state index in [0.29, 0.717) is 23.2 Å². The van der Waals surface area contributed by atoms with E-state index in [9.17, 15) is 8.42 Å². The molecule has 1 N–H and O–H groups in total. The van der Waals surface area contributed by atoms with Gasteiger partial charge in [-0.25, -0.2) is 8.42 Å². The van der Waals surface area contributed by atoms with Gasteiger partial charge in [0, 0.05) is 24.5 Å². The lowest BCUT2D eigenvalue weighted by atomic mass is 10.0. The molecule has 1 saturated heterocycles. The monoisotopic (exact) mass is 302 g/mol. The highest BCUT2D eigenvalue weighted by molar-refractivity contribution is 7.91. The molecule has 0 spiro atoms. The van der Waals surface area contributed by atoms with E-state index >= 15 is 0 Å². The van der Waals surface area contributed by atoms with Gasteiger partial charge in [0.1, 0.15) is 4.21 Å². The van der Waals surface area contributed by atoms with Crippen molar-refractivity contribution in [3.8, 4) is 0 Å². The Hall–Kier alpha value is -0.430. The molecule has 0 bridgehead atoms. The van der Waals surface area contributed by atoms with Crippen LogP contribution in [0.3, 0.4) is 0 Å². The first kappa shape index (κ1) is 15.0. The zero-order chi connectivity index (χ0) is 13.9. The third kappa shape index (κ3) is 3.37. The maximum Gasteiger partial charge on any atom is 0.252 e. The summed E-state index contributed by atoms with van der Waals surface area (Å²) in [5.41, 5.74) is 0. The Morgan fingerprint density at radius 1 is 1.47 bits per heavy atom. The highest BCUT2D eigenvalue weighted by Gasteiger charge is 2.32. The molecule has 1 fully saturated rings. The SMILES string of the molecule is CCCC1CCN(S(=O)(=O)c2ccc(CNC)s2)C1. The van der Waals surface area contributed by atoms with Gasteiger partial charge < -0.3 is 5.32 Å². The molecule has 6 heteroatoms. The van der Waals surface area contributed by atoms with Gasteiger partial charge in [-0.3, -0.25) is 0 Å². The second kappa shape index (κ2) is 6.35. The molecule has 108 valence electrons. The Balaban J connectivity index is 2.09. The highest BCUT2D eigenvalue weighted by Crippen LogP contribution is 2.30. The van der Waals surface area contributed by atoms with Gasteiger partial charge in [0.15, 0.2) is 0 Å². The second-order valence-corrected chi connectivity index (χ2v) is 8.39. The van der Waals surface area contributed by atoms with Crippen molar-refractivity contribution in [2.75, 3.05) is 20.1 Å². The molecule has 1 aromatic heterocycles. The number of rotatable bonds is 6. The van der Waals surface area contributed by atoms with Crippen molar-refractivity contribution in [1.29, 1.82) is 0 Å². The predicted octanol–water partition coefficient (Wildman–Crippen LogP) is 2.28. The first-order valence-electron chi connectivity index (χ1n) is 6.81. The number of nitrogens with one attached hydrogen (secondary N) is 1. The lowest BCUT2D eigenvalue weighted by Crippen LogP contribution is -2.28. The van der Waals surface area contributed by atoms with E-state index in [-0.39, 0.29) is 0 Å². The van der Waals surface area contributed by atoms with E-state index in [1.54, 1.807) is 10.4 Å². The van der Waals surface area contributed by atoms with Gasteiger partial charge in [-0.2, -0.15) is 4.31 Å². The number of thiophene rings is 1. The molecule has 1 aliphatic rings. The minimum Gasteiger partial charge on any atom is -0.315 e. The van der Waals surface area contributed by atoms with Crippen LogP contribution in [-0.4, -0.2) is 32.9 Å². The summed E-state index contributed by atoms with van der Waals surface area (Å²) in [4.78, 5) is 1.06. The van der Waals surface area contributed by atoms with Crippen LogP contribution in [0, 0.1) is 5.92 Å². The van der Waals surface area contributed by atoms with Gasteiger partial charge in [0.25, 0.3) is 10.0 Å². The maximum absolute atomic E-state index is 12.5. The molecule has 1 unspecified atom stereocenters. The Morgan fingerprint density at radius 3 is 2.95 bits per heavy atom. The lowest BCUT2D eigenvalue weighted by molar-refractivity contribution is 0.446. The molecular formula is C13H22N2O2S2. The molecular weight excluding hydrogens is 280 g/mol. The fourth-order valence-electron chi connectivity index (χ4n) is 2.55. The summed E-state index contributed by atoms with van der Waals surface area (Å²) in [5.74, 6) is 0.538. The van der Waals surface area contributed by atoms with Crippen molar-refractivity contribution in [2.24, 2.45) is 5.92 Å². The van der Waals surface area contributed by atoms with Crippen LogP contribution in [0.2, 0.25) is 0 Å². The zero-order valence-corrected chi connectivity index (χ0v) is 13.2. The Labute approximate surface area is 119 Å². The Morgan fingerprint density at radius 2 is 2.26 bits per heavy atom. The van der Waals surface area contributed by atoms with Crippen molar-refractivity contribution in [3.05, 3.63) is 17.0 Å². The average Bonchev–Trinajstić information content (AvgIpc) is 2.99. The van der Waals surface area contributed by atoms with Crippen LogP contribution in [0.4, 0.5) is 0 Å². The second-order valence-electron chi connectivity index (χ2n) is 5.06. The first-order chi connectivity index (χ1) is 9.07. The van der Waals surface area contributed by atoms with Crippen molar-refractivity contribution < 1.29 is 8.42 Å². The van der Waals surface area contributed by atoms with Crippen LogP contribution in [0.1, 0.15) is 31.1 Å². The fourth-order valence-corrected chi connectivity index (χ4v) is 5.61. The lowest BCUT2D eigenvalue weighted by Gasteiger charge is -2.15. The van der Waals surface area contributed by atoms with Crippen molar-refractivity contribution in [2.45, 2.75) is 36.9 Å². The fraction of sp³-hybridized carbons (Fsp3) is 0.692. The number of hydrogen-bond acceptors (Lipinski definition) is 4. The van der Waals surface area contributed by atoms with E-state index in [0.717, 1.165) is 30.7 Å². The number of hydrogen-bond donors (Lipinski definition) is 1. The standard InChI is InChI=1S/C13H22N2O2S2/c1-3-4-11-7-8-15(10-11)19(16,17)13-6-5-12(18-13)9-14-2/h5-6,11,14H,3-4,7-10H2,1-2H3. The van der Waals surface area contributed by atoms with Gasteiger partial charge >= 0.3 is 0 Å². The molecule has 4 nitrogen and oxygen atoms in total. The Kier molecular flexibility index (Phi) is 5.00. The minimum atomic E-state index is -3.26. The number of nitrogens with zero attached hydrogens (tertiary/aromatic N) is 1. The third-order valence-corrected chi connectivity index (χ3v) is 6.95. The van der Waals surface area contributed by atoms with Gasteiger partial charge in [-0.15, -0.1) is 11.3 Å². The van der Waals surface area contributed by atoms with Crippen LogP contribution < -0.4 is 5.32 Å². The van der Waals surface area contributed by atoms with E-state index < -0.39 is 10.0 Å². The normalized spacial score (nSPS) is 21.1. The molecule has 2 rings (SSSR count). The van der Waals surface area contributed by atoms with Gasteiger partial charge in [-0.05, 0) is 37.9 Å². The van der Waals surface area contributed by atoms with Crippen LogP contribution >= 0.6 is 11.3 Å². The van der Waals surface area contributed by atoms with Crippen molar-refractivity contribution in [1.82, 2.24) is 9.62 Å². The van der Waals surface area contributed by atoms with E-state index in [1.165, 1.54) is 11.3 Å². The molecule has 19 heavy (non-hydrogen) atoms. The maximum atomic E-state index is 12.5. The average molecular weight is 302 g/mol. The molecule has 0 amide bonds. The highest BCUT2D eigenvalue weighted by atomic mass is 32.2.